The monoisotopic (exact) mass is 293 g/mol. The van der Waals surface area contributed by atoms with Crippen molar-refractivity contribution in [1.82, 2.24) is 0 Å². The second-order valence-corrected chi connectivity index (χ2v) is 5.05. The molecule has 88 valence electrons. The summed E-state index contributed by atoms with van der Waals surface area (Å²) in [5, 5.41) is 0. The zero-order valence-electron chi connectivity index (χ0n) is 8.39. The minimum absolute atomic E-state index is 0.279. The molecule has 1 atom stereocenters. The molecule has 0 bridgehead atoms. The highest BCUT2D eigenvalue weighted by Crippen LogP contribution is 2.41. The Balaban J connectivity index is 2.35. The molecule has 0 aliphatic heterocycles. The second-order valence-electron chi connectivity index (χ2n) is 4.13. The first-order valence-corrected chi connectivity index (χ1v) is 5.80. The van der Waals surface area contributed by atoms with E-state index in [1.54, 1.807) is 6.07 Å². The lowest BCUT2D eigenvalue weighted by Crippen LogP contribution is -2.14. The summed E-state index contributed by atoms with van der Waals surface area (Å²) >= 11 is 3.09. The number of hydrogen-bond acceptors (Lipinski definition) is 1. The SMILES string of the molecule is N[C@H](c1cc(Br)cc(C(F)(F)F)c1)C1CC1. The Hall–Kier alpha value is -0.550. The van der Waals surface area contributed by atoms with Gasteiger partial charge < -0.3 is 5.73 Å². The van der Waals surface area contributed by atoms with Gasteiger partial charge in [-0.05, 0) is 42.5 Å². The van der Waals surface area contributed by atoms with Crippen LogP contribution in [0.5, 0.6) is 0 Å². The average molecular weight is 294 g/mol. The summed E-state index contributed by atoms with van der Waals surface area (Å²) in [6.07, 6.45) is -2.30. The molecule has 16 heavy (non-hydrogen) atoms. The predicted octanol–water partition coefficient (Wildman–Crippen LogP) is 3.88. The smallest absolute Gasteiger partial charge is 0.324 e. The molecule has 1 saturated carbocycles. The normalized spacial score (nSPS) is 18.6. The number of alkyl halides is 3. The number of benzene rings is 1. The van der Waals surface area contributed by atoms with Gasteiger partial charge in [0.15, 0.2) is 0 Å². The molecular weight excluding hydrogens is 283 g/mol. The number of rotatable bonds is 2. The Morgan fingerprint density at radius 3 is 2.38 bits per heavy atom. The van der Waals surface area contributed by atoms with Crippen molar-refractivity contribution in [3.8, 4) is 0 Å². The van der Waals surface area contributed by atoms with Crippen LogP contribution in [0.3, 0.4) is 0 Å². The van der Waals surface area contributed by atoms with Crippen molar-refractivity contribution in [2.24, 2.45) is 11.7 Å². The third-order valence-corrected chi connectivity index (χ3v) is 3.22. The second kappa shape index (κ2) is 4.04. The van der Waals surface area contributed by atoms with Gasteiger partial charge in [0.2, 0.25) is 0 Å². The maximum atomic E-state index is 12.6. The fraction of sp³-hybridized carbons (Fsp3) is 0.455. The Labute approximate surface area is 100.0 Å². The summed E-state index contributed by atoms with van der Waals surface area (Å²) in [6.45, 7) is 0. The Morgan fingerprint density at radius 1 is 1.25 bits per heavy atom. The van der Waals surface area contributed by atoms with Gasteiger partial charge in [-0.3, -0.25) is 0 Å². The number of hydrogen-bond donors (Lipinski definition) is 1. The highest BCUT2D eigenvalue weighted by molar-refractivity contribution is 9.10. The van der Waals surface area contributed by atoms with Crippen molar-refractivity contribution in [2.75, 3.05) is 0 Å². The third-order valence-electron chi connectivity index (χ3n) is 2.76. The highest BCUT2D eigenvalue weighted by Gasteiger charge is 2.34. The van der Waals surface area contributed by atoms with Crippen LogP contribution in [-0.4, -0.2) is 0 Å². The average Bonchev–Trinajstić information content (AvgIpc) is 2.97. The number of halogens is 4. The summed E-state index contributed by atoms with van der Waals surface area (Å²) in [4.78, 5) is 0. The quantitative estimate of drug-likeness (QED) is 0.880. The molecule has 0 heterocycles. The molecule has 0 unspecified atom stereocenters. The van der Waals surface area contributed by atoms with E-state index in [0.717, 1.165) is 25.0 Å². The van der Waals surface area contributed by atoms with E-state index in [-0.39, 0.29) is 6.04 Å². The molecule has 2 N–H and O–H groups in total. The predicted molar refractivity (Wildman–Crippen MR) is 58.8 cm³/mol. The molecular formula is C11H11BrF3N. The van der Waals surface area contributed by atoms with Gasteiger partial charge in [0.05, 0.1) is 5.56 Å². The Kier molecular flexibility index (Phi) is 3.01. The first kappa shape index (κ1) is 11.9. The lowest BCUT2D eigenvalue weighted by molar-refractivity contribution is -0.137. The van der Waals surface area contributed by atoms with E-state index < -0.39 is 11.7 Å². The van der Waals surface area contributed by atoms with Gasteiger partial charge in [0.1, 0.15) is 0 Å². The van der Waals surface area contributed by atoms with Crippen LogP contribution >= 0.6 is 15.9 Å². The van der Waals surface area contributed by atoms with Crippen molar-refractivity contribution in [1.29, 1.82) is 0 Å². The van der Waals surface area contributed by atoms with Gasteiger partial charge in [-0.15, -0.1) is 0 Å². The van der Waals surface area contributed by atoms with Gasteiger partial charge in [-0.2, -0.15) is 13.2 Å². The molecule has 0 saturated heterocycles. The summed E-state index contributed by atoms with van der Waals surface area (Å²) < 4.78 is 38.1. The van der Waals surface area contributed by atoms with Crippen LogP contribution in [0.15, 0.2) is 22.7 Å². The minimum Gasteiger partial charge on any atom is -0.324 e. The molecule has 2 rings (SSSR count). The molecule has 1 aromatic carbocycles. The van der Waals surface area contributed by atoms with Gasteiger partial charge in [-0.25, -0.2) is 0 Å². The highest BCUT2D eigenvalue weighted by atomic mass is 79.9. The topological polar surface area (TPSA) is 26.0 Å². The van der Waals surface area contributed by atoms with E-state index in [9.17, 15) is 13.2 Å². The molecule has 1 aliphatic rings. The summed E-state index contributed by atoms with van der Waals surface area (Å²) in [7, 11) is 0. The van der Waals surface area contributed by atoms with Gasteiger partial charge in [0, 0.05) is 10.5 Å². The van der Waals surface area contributed by atoms with Crippen molar-refractivity contribution in [2.45, 2.75) is 25.1 Å². The summed E-state index contributed by atoms with van der Waals surface area (Å²) in [5.41, 5.74) is 5.81. The Bertz CT molecular complexity index is 399. The van der Waals surface area contributed by atoms with Crippen LogP contribution in [-0.2, 0) is 6.18 Å². The lowest BCUT2D eigenvalue weighted by Gasteiger charge is -2.14. The zero-order valence-corrected chi connectivity index (χ0v) is 9.98. The third kappa shape index (κ3) is 2.58. The van der Waals surface area contributed by atoms with Gasteiger partial charge in [0.25, 0.3) is 0 Å². The maximum Gasteiger partial charge on any atom is 0.416 e. The van der Waals surface area contributed by atoms with Crippen molar-refractivity contribution < 1.29 is 13.2 Å². The summed E-state index contributed by atoms with van der Waals surface area (Å²) in [6, 6.07) is 3.60. The zero-order chi connectivity index (χ0) is 11.9. The van der Waals surface area contributed by atoms with E-state index >= 15 is 0 Å². The van der Waals surface area contributed by atoms with Crippen LogP contribution in [0.2, 0.25) is 0 Å². The van der Waals surface area contributed by atoms with E-state index in [4.69, 9.17) is 5.73 Å². The maximum absolute atomic E-state index is 12.6. The largest absolute Gasteiger partial charge is 0.416 e. The lowest BCUT2D eigenvalue weighted by atomic mass is 10.0. The van der Waals surface area contributed by atoms with Crippen molar-refractivity contribution in [3.63, 3.8) is 0 Å². The van der Waals surface area contributed by atoms with Crippen LogP contribution in [0.1, 0.15) is 30.0 Å². The van der Waals surface area contributed by atoms with Crippen LogP contribution in [0, 0.1) is 5.92 Å². The van der Waals surface area contributed by atoms with Crippen LogP contribution < -0.4 is 5.73 Å². The van der Waals surface area contributed by atoms with Crippen molar-refractivity contribution in [3.05, 3.63) is 33.8 Å². The van der Waals surface area contributed by atoms with E-state index in [0.29, 0.717) is 16.0 Å². The van der Waals surface area contributed by atoms with E-state index in [1.807, 2.05) is 0 Å². The van der Waals surface area contributed by atoms with Crippen LogP contribution in [0.25, 0.3) is 0 Å². The van der Waals surface area contributed by atoms with Crippen LogP contribution in [0.4, 0.5) is 13.2 Å². The molecule has 1 fully saturated rings. The Morgan fingerprint density at radius 2 is 1.88 bits per heavy atom. The van der Waals surface area contributed by atoms with Gasteiger partial charge >= 0.3 is 6.18 Å². The van der Waals surface area contributed by atoms with Crippen molar-refractivity contribution >= 4 is 15.9 Å². The molecule has 0 radical (unpaired) electrons. The standard InChI is InChI=1S/C11H11BrF3N/c12-9-4-7(10(16)6-1-2-6)3-8(5-9)11(13,14)15/h3-6,10H,1-2,16H2/t10-/m0/s1. The van der Waals surface area contributed by atoms with E-state index in [1.165, 1.54) is 0 Å². The fourth-order valence-electron chi connectivity index (χ4n) is 1.70. The van der Waals surface area contributed by atoms with Gasteiger partial charge in [-0.1, -0.05) is 15.9 Å². The summed E-state index contributed by atoms with van der Waals surface area (Å²) in [5.74, 6) is 0.343. The number of nitrogens with two attached hydrogens (primary N) is 1. The molecule has 0 aromatic heterocycles. The molecule has 0 amide bonds. The fourth-order valence-corrected chi connectivity index (χ4v) is 2.21. The molecule has 1 nitrogen and oxygen atoms in total. The minimum atomic E-state index is -4.32. The molecule has 5 heteroatoms. The molecule has 0 spiro atoms. The first-order chi connectivity index (χ1) is 7.38. The first-order valence-electron chi connectivity index (χ1n) is 5.01. The molecule has 1 aliphatic carbocycles. The van der Waals surface area contributed by atoms with E-state index in [2.05, 4.69) is 15.9 Å². The molecule has 1 aromatic rings.